The van der Waals surface area contributed by atoms with E-state index in [0.717, 1.165) is 4.90 Å². The molecule has 0 N–H and O–H groups in total. The van der Waals surface area contributed by atoms with Crippen LogP contribution in [0.2, 0.25) is 0 Å². The van der Waals surface area contributed by atoms with Gasteiger partial charge in [0.2, 0.25) is 0 Å². The fourth-order valence-electron chi connectivity index (χ4n) is 1.65. The number of urea groups is 2. The first-order valence-corrected chi connectivity index (χ1v) is 4.95. The van der Waals surface area contributed by atoms with Gasteiger partial charge < -0.3 is 9.47 Å². The van der Waals surface area contributed by atoms with Gasteiger partial charge in [0.25, 0.3) is 0 Å². The zero-order valence-corrected chi connectivity index (χ0v) is 8.62. The summed E-state index contributed by atoms with van der Waals surface area (Å²) in [5.41, 5.74) is 0.370. The fourth-order valence-corrected chi connectivity index (χ4v) is 1.65. The lowest BCUT2D eigenvalue weighted by Gasteiger charge is -2.20. The van der Waals surface area contributed by atoms with Crippen molar-refractivity contribution in [2.24, 2.45) is 10.2 Å². The predicted octanol–water partition coefficient (Wildman–Crippen LogP) is 1.97. The maximum absolute atomic E-state index is 11.3. The van der Waals surface area contributed by atoms with Crippen molar-refractivity contribution in [1.82, 2.24) is 0 Å². The molecule has 0 atom stereocenters. The maximum Gasteiger partial charge on any atom is 0.375 e. The van der Waals surface area contributed by atoms with Gasteiger partial charge in [0.05, 0.1) is 5.69 Å². The Balaban J connectivity index is 1.99. The standard InChI is InChI=1S/C10H7N3O4/c14-9-11-12-10(15)13(9)6-1-2-7-8(5-6)17-4-3-16-7/h1-2,5H,3-4H2. The van der Waals surface area contributed by atoms with Crippen molar-refractivity contribution in [3.8, 4) is 11.5 Å². The van der Waals surface area contributed by atoms with Crippen molar-refractivity contribution in [3.63, 3.8) is 0 Å². The Labute approximate surface area is 95.6 Å². The molecule has 86 valence electrons. The number of fused-ring (bicyclic) bond motifs is 1. The number of benzene rings is 1. The second kappa shape index (κ2) is 3.55. The Kier molecular flexibility index (Phi) is 2.04. The molecule has 0 aliphatic carbocycles. The Morgan fingerprint density at radius 3 is 2.35 bits per heavy atom. The summed E-state index contributed by atoms with van der Waals surface area (Å²) in [6.07, 6.45) is 0. The molecule has 3 rings (SSSR count). The van der Waals surface area contributed by atoms with Crippen molar-refractivity contribution < 1.29 is 19.1 Å². The molecule has 1 aromatic carbocycles. The van der Waals surface area contributed by atoms with Gasteiger partial charge in [-0.15, -0.1) is 0 Å². The Morgan fingerprint density at radius 1 is 1.00 bits per heavy atom. The third-order valence-electron chi connectivity index (χ3n) is 2.39. The molecule has 0 bridgehead atoms. The van der Waals surface area contributed by atoms with Gasteiger partial charge >= 0.3 is 12.1 Å². The van der Waals surface area contributed by atoms with Crippen molar-refractivity contribution >= 4 is 17.7 Å². The van der Waals surface area contributed by atoms with Crippen molar-refractivity contribution in [1.29, 1.82) is 0 Å². The van der Waals surface area contributed by atoms with E-state index in [1.54, 1.807) is 18.2 Å². The molecule has 2 aliphatic heterocycles. The van der Waals surface area contributed by atoms with E-state index in [2.05, 4.69) is 10.2 Å². The van der Waals surface area contributed by atoms with E-state index in [9.17, 15) is 9.59 Å². The van der Waals surface area contributed by atoms with Crippen molar-refractivity contribution in [3.05, 3.63) is 18.2 Å². The van der Waals surface area contributed by atoms with Gasteiger partial charge in [0, 0.05) is 6.07 Å². The largest absolute Gasteiger partial charge is 0.486 e. The average Bonchev–Trinajstić information content (AvgIpc) is 2.68. The first-order valence-electron chi connectivity index (χ1n) is 4.95. The monoisotopic (exact) mass is 233 g/mol. The lowest BCUT2D eigenvalue weighted by Crippen LogP contribution is -2.27. The summed E-state index contributed by atoms with van der Waals surface area (Å²) in [4.78, 5) is 23.5. The Bertz CT molecular complexity index is 522. The number of azo groups is 1. The summed E-state index contributed by atoms with van der Waals surface area (Å²) in [6, 6.07) is 3.38. The van der Waals surface area contributed by atoms with Crippen LogP contribution in [-0.2, 0) is 0 Å². The maximum atomic E-state index is 11.3. The molecule has 17 heavy (non-hydrogen) atoms. The minimum Gasteiger partial charge on any atom is -0.486 e. The molecule has 0 saturated heterocycles. The lowest BCUT2D eigenvalue weighted by molar-refractivity contribution is 0.171. The molecule has 7 nitrogen and oxygen atoms in total. The molecule has 4 amide bonds. The second-order valence-corrected chi connectivity index (χ2v) is 3.43. The van der Waals surface area contributed by atoms with Crippen molar-refractivity contribution in [2.45, 2.75) is 0 Å². The first kappa shape index (κ1) is 9.76. The number of carbonyl (C=O) groups excluding carboxylic acids is 2. The minimum absolute atomic E-state index is 0.370. The number of hydrogen-bond donors (Lipinski definition) is 0. The zero-order valence-electron chi connectivity index (χ0n) is 8.62. The highest BCUT2D eigenvalue weighted by atomic mass is 16.6. The molecule has 0 saturated carbocycles. The van der Waals surface area contributed by atoms with Gasteiger partial charge in [-0.25, -0.2) is 14.5 Å². The summed E-state index contributed by atoms with van der Waals surface area (Å²) in [6.45, 7) is 0.922. The van der Waals surface area contributed by atoms with E-state index in [-0.39, 0.29) is 0 Å². The molecular weight excluding hydrogens is 226 g/mol. The molecule has 0 radical (unpaired) electrons. The third-order valence-corrected chi connectivity index (χ3v) is 2.39. The molecular formula is C10H7N3O4. The molecule has 2 heterocycles. The normalized spacial score (nSPS) is 17.8. The van der Waals surface area contributed by atoms with Gasteiger partial charge in [0.1, 0.15) is 13.2 Å². The van der Waals surface area contributed by atoms with Crippen LogP contribution in [0.25, 0.3) is 0 Å². The van der Waals surface area contributed by atoms with Crippen LogP contribution in [-0.4, -0.2) is 25.3 Å². The van der Waals surface area contributed by atoms with Crippen LogP contribution < -0.4 is 14.4 Å². The third kappa shape index (κ3) is 1.52. The van der Waals surface area contributed by atoms with Gasteiger partial charge in [-0.05, 0) is 12.1 Å². The van der Waals surface area contributed by atoms with E-state index in [0.29, 0.717) is 30.4 Å². The van der Waals surface area contributed by atoms with Gasteiger partial charge in [-0.3, -0.25) is 0 Å². The van der Waals surface area contributed by atoms with Crippen LogP contribution in [0.3, 0.4) is 0 Å². The SMILES string of the molecule is O=C1N=NC(=O)N1c1ccc2c(c1)OCCO2. The summed E-state index contributed by atoms with van der Waals surface area (Å²) < 4.78 is 10.7. The molecule has 1 aromatic rings. The molecule has 0 spiro atoms. The predicted molar refractivity (Wildman–Crippen MR) is 55.6 cm³/mol. The summed E-state index contributed by atoms with van der Waals surface area (Å²) in [5, 5.41) is 6.35. The van der Waals surface area contributed by atoms with Gasteiger partial charge in [0.15, 0.2) is 11.5 Å². The average molecular weight is 233 g/mol. The molecule has 0 fully saturated rings. The van der Waals surface area contributed by atoms with E-state index in [1.165, 1.54) is 0 Å². The quantitative estimate of drug-likeness (QED) is 0.742. The summed E-state index contributed by atoms with van der Waals surface area (Å²) >= 11 is 0. The van der Waals surface area contributed by atoms with Crippen LogP contribution in [0, 0.1) is 0 Å². The first-order chi connectivity index (χ1) is 8.25. The number of imide groups is 1. The summed E-state index contributed by atoms with van der Waals surface area (Å²) in [7, 11) is 0. The van der Waals surface area contributed by atoms with Crippen LogP contribution in [0.5, 0.6) is 11.5 Å². The minimum atomic E-state index is -0.702. The number of amides is 4. The molecule has 7 heteroatoms. The highest BCUT2D eigenvalue weighted by Gasteiger charge is 2.30. The van der Waals surface area contributed by atoms with Crippen molar-refractivity contribution in [2.75, 3.05) is 18.1 Å². The van der Waals surface area contributed by atoms with E-state index in [4.69, 9.17) is 9.47 Å². The summed E-state index contributed by atoms with van der Waals surface area (Å²) in [5.74, 6) is 1.09. The highest BCUT2D eigenvalue weighted by molar-refractivity contribution is 6.17. The van der Waals surface area contributed by atoms with E-state index < -0.39 is 12.1 Å². The topological polar surface area (TPSA) is 80.6 Å². The fraction of sp³-hybridized carbons (Fsp3) is 0.200. The van der Waals surface area contributed by atoms with Crippen LogP contribution in [0.15, 0.2) is 28.4 Å². The molecule has 0 unspecified atom stereocenters. The Morgan fingerprint density at radius 2 is 1.65 bits per heavy atom. The lowest BCUT2D eigenvalue weighted by atomic mass is 10.2. The van der Waals surface area contributed by atoms with Gasteiger partial charge in [-0.2, -0.15) is 0 Å². The van der Waals surface area contributed by atoms with Crippen LogP contribution >= 0.6 is 0 Å². The number of rotatable bonds is 1. The number of carbonyl (C=O) groups is 2. The number of anilines is 1. The number of ether oxygens (including phenoxy) is 2. The Hall–Kier alpha value is -2.44. The smallest absolute Gasteiger partial charge is 0.375 e. The highest BCUT2D eigenvalue weighted by Crippen LogP contribution is 2.35. The second-order valence-electron chi connectivity index (χ2n) is 3.43. The van der Waals surface area contributed by atoms with Gasteiger partial charge in [-0.1, -0.05) is 10.2 Å². The van der Waals surface area contributed by atoms with Crippen LogP contribution in [0.1, 0.15) is 0 Å². The number of hydrogen-bond acceptors (Lipinski definition) is 4. The zero-order chi connectivity index (χ0) is 11.8. The van der Waals surface area contributed by atoms with E-state index in [1.807, 2.05) is 0 Å². The molecule has 0 aromatic heterocycles. The van der Waals surface area contributed by atoms with E-state index >= 15 is 0 Å². The number of nitrogens with zero attached hydrogens (tertiary/aromatic N) is 3. The van der Waals surface area contributed by atoms with Crippen LogP contribution in [0.4, 0.5) is 15.3 Å². The molecule has 2 aliphatic rings.